The Kier molecular flexibility index (Phi) is 4.58. The Hall–Kier alpha value is -1.90. The van der Waals surface area contributed by atoms with Crippen molar-refractivity contribution in [2.45, 2.75) is 93.4 Å². The molecule has 3 heteroatoms. The summed E-state index contributed by atoms with van der Waals surface area (Å²) in [6.07, 6.45) is 13.5. The highest BCUT2D eigenvalue weighted by atomic mass is 16.4. The average Bonchev–Trinajstić information content (AvgIpc) is 2.75. The van der Waals surface area contributed by atoms with E-state index in [1.54, 1.807) is 0 Å². The Morgan fingerprint density at radius 2 is 1.58 bits per heavy atom. The van der Waals surface area contributed by atoms with E-state index >= 15 is 0 Å². The molecule has 5 aliphatic carbocycles. The summed E-state index contributed by atoms with van der Waals surface area (Å²) in [5.41, 5.74) is 5.41. The molecule has 0 aromatic carbocycles. The van der Waals surface area contributed by atoms with Crippen molar-refractivity contribution in [1.82, 2.24) is 0 Å². The summed E-state index contributed by atoms with van der Waals surface area (Å²) >= 11 is 0. The lowest BCUT2D eigenvalue weighted by Crippen LogP contribution is -2.62. The van der Waals surface area contributed by atoms with Gasteiger partial charge >= 0.3 is 5.97 Å². The molecule has 6 atom stereocenters. The summed E-state index contributed by atoms with van der Waals surface area (Å²) in [7, 11) is 0. The Morgan fingerprint density at radius 1 is 0.909 bits per heavy atom. The van der Waals surface area contributed by atoms with E-state index in [2.05, 4.69) is 46.8 Å². The number of hydrogen-bond acceptors (Lipinski definition) is 2. The fourth-order valence-electron chi connectivity index (χ4n) is 8.77. The van der Waals surface area contributed by atoms with Crippen LogP contribution in [-0.2, 0) is 9.59 Å². The van der Waals surface area contributed by atoms with Gasteiger partial charge in [-0.1, -0.05) is 45.4 Å². The first-order valence-corrected chi connectivity index (χ1v) is 12.8. The van der Waals surface area contributed by atoms with Gasteiger partial charge in [0.1, 0.15) is 0 Å². The van der Waals surface area contributed by atoms with E-state index in [1.807, 2.05) is 19.9 Å². The molecule has 178 valence electrons. The molecule has 3 saturated carbocycles. The Bertz CT molecular complexity index is 1100. The summed E-state index contributed by atoms with van der Waals surface area (Å²) in [6.45, 7) is 15.7. The van der Waals surface area contributed by atoms with E-state index in [-0.39, 0.29) is 27.4 Å². The maximum atomic E-state index is 12.8. The Balaban J connectivity index is 1.64. The van der Waals surface area contributed by atoms with E-state index in [1.165, 1.54) is 16.7 Å². The predicted octanol–water partition coefficient (Wildman–Crippen LogP) is 7.20. The van der Waals surface area contributed by atoms with Gasteiger partial charge in [0.25, 0.3) is 0 Å². The second-order valence-electron chi connectivity index (χ2n) is 13.2. The monoisotopic (exact) mass is 448 g/mol. The largest absolute Gasteiger partial charge is 0.481 e. The quantitative estimate of drug-likeness (QED) is 0.461. The van der Waals surface area contributed by atoms with Gasteiger partial charge in [-0.3, -0.25) is 9.59 Å². The number of ketones is 1. The first-order valence-electron chi connectivity index (χ1n) is 12.8. The minimum atomic E-state index is -0.631. The normalized spacial score (nSPS) is 46.8. The first kappa shape index (κ1) is 22.9. The van der Waals surface area contributed by atoms with Crippen LogP contribution in [0.2, 0.25) is 0 Å². The van der Waals surface area contributed by atoms with Gasteiger partial charge in [0, 0.05) is 5.41 Å². The highest BCUT2D eigenvalue weighted by Crippen LogP contribution is 2.75. The van der Waals surface area contributed by atoms with Gasteiger partial charge in [-0.15, -0.1) is 0 Å². The maximum absolute atomic E-state index is 12.8. The highest BCUT2D eigenvalue weighted by molar-refractivity contribution is 6.08. The maximum Gasteiger partial charge on any atom is 0.309 e. The predicted molar refractivity (Wildman–Crippen MR) is 132 cm³/mol. The second kappa shape index (κ2) is 6.61. The zero-order chi connectivity index (χ0) is 24.2. The van der Waals surface area contributed by atoms with Crippen LogP contribution in [0.1, 0.15) is 93.4 Å². The molecule has 0 spiro atoms. The molecule has 0 aromatic heterocycles. The highest BCUT2D eigenvalue weighted by Gasteiger charge is 2.67. The number of allylic oxidation sites excluding steroid dienone is 8. The number of carbonyl (C=O) groups is 2. The number of fused-ring (bicyclic) bond motifs is 7. The molecule has 5 rings (SSSR count). The zero-order valence-corrected chi connectivity index (χ0v) is 21.5. The van der Waals surface area contributed by atoms with Crippen LogP contribution in [0.3, 0.4) is 0 Å². The van der Waals surface area contributed by atoms with Crippen molar-refractivity contribution < 1.29 is 14.7 Å². The van der Waals surface area contributed by atoms with Gasteiger partial charge in [0.15, 0.2) is 5.78 Å². The molecule has 0 amide bonds. The van der Waals surface area contributed by atoms with Gasteiger partial charge in [-0.2, -0.15) is 0 Å². The lowest BCUT2D eigenvalue weighted by Gasteiger charge is -2.70. The molecular weight excluding hydrogens is 408 g/mol. The summed E-state index contributed by atoms with van der Waals surface area (Å²) in [4.78, 5) is 25.1. The van der Waals surface area contributed by atoms with Crippen molar-refractivity contribution in [2.24, 2.45) is 33.0 Å². The fourth-order valence-corrected chi connectivity index (χ4v) is 8.77. The van der Waals surface area contributed by atoms with Crippen molar-refractivity contribution >= 4 is 11.8 Å². The number of aliphatic carboxylic acids is 1. The zero-order valence-electron chi connectivity index (χ0n) is 21.5. The Morgan fingerprint density at radius 3 is 2.24 bits per heavy atom. The molecular formula is C30H40O3. The minimum Gasteiger partial charge on any atom is -0.481 e. The molecule has 1 unspecified atom stereocenters. The van der Waals surface area contributed by atoms with E-state index in [9.17, 15) is 14.7 Å². The third kappa shape index (κ3) is 2.68. The molecule has 0 saturated heterocycles. The minimum absolute atomic E-state index is 0.00302. The summed E-state index contributed by atoms with van der Waals surface area (Å²) in [5.74, 6) is -0.0874. The summed E-state index contributed by atoms with van der Waals surface area (Å²) < 4.78 is 0. The van der Waals surface area contributed by atoms with Gasteiger partial charge in [-0.25, -0.2) is 0 Å². The van der Waals surface area contributed by atoms with Crippen LogP contribution in [0.15, 0.2) is 46.1 Å². The number of carboxylic acids is 1. The second-order valence-corrected chi connectivity index (χ2v) is 13.2. The van der Waals surface area contributed by atoms with Crippen molar-refractivity contribution in [1.29, 1.82) is 0 Å². The van der Waals surface area contributed by atoms with E-state index in [0.29, 0.717) is 5.92 Å². The van der Waals surface area contributed by atoms with Crippen LogP contribution in [0.5, 0.6) is 0 Å². The molecule has 0 heterocycles. The molecule has 33 heavy (non-hydrogen) atoms. The van der Waals surface area contributed by atoms with Gasteiger partial charge in [0.05, 0.1) is 5.41 Å². The lowest BCUT2D eigenvalue weighted by atomic mass is 9.34. The van der Waals surface area contributed by atoms with Crippen molar-refractivity contribution in [3.63, 3.8) is 0 Å². The Labute approximate surface area is 199 Å². The number of carbonyl (C=O) groups excluding carboxylic acids is 1. The molecule has 1 N–H and O–H groups in total. The molecule has 3 nitrogen and oxygen atoms in total. The van der Waals surface area contributed by atoms with Crippen LogP contribution in [0, 0.1) is 33.0 Å². The molecule has 5 aliphatic rings. The van der Waals surface area contributed by atoms with Gasteiger partial charge < -0.3 is 5.11 Å². The average molecular weight is 449 g/mol. The van der Waals surface area contributed by atoms with Crippen LogP contribution in [0.25, 0.3) is 0 Å². The lowest BCUT2D eigenvalue weighted by molar-refractivity contribution is -0.178. The third-order valence-corrected chi connectivity index (χ3v) is 11.7. The van der Waals surface area contributed by atoms with Gasteiger partial charge in [-0.05, 0) is 116 Å². The van der Waals surface area contributed by atoms with Crippen molar-refractivity contribution in [3.8, 4) is 0 Å². The van der Waals surface area contributed by atoms with E-state index < -0.39 is 11.4 Å². The fraction of sp³-hybridized carbons (Fsp3) is 0.667. The number of hydrogen-bond donors (Lipinski definition) is 1. The van der Waals surface area contributed by atoms with Crippen molar-refractivity contribution in [2.75, 3.05) is 0 Å². The standard InChI is InChI=1S/C30H40O3/c1-18-19(2)22(31)16-21-20(18)8-9-23-28(21,5)13-15-30(7)24-17-27(4,25(32)33)11-10-26(24,3)12-14-29(23,30)6/h8-9,16,24H,10-15,17H2,1-7H3,(H,32,33)/t24?,26-,27-,28+,29-,30+/m0/s1. The summed E-state index contributed by atoms with van der Waals surface area (Å²) in [6, 6.07) is 0. The molecule has 3 fully saturated rings. The SMILES string of the molecule is CC1=C(C)C2=CC=C3[C@](C)(CC[C@]4(C)C5C[C@@](C)(C(=O)O)CC[C@@]5(C)CC[C@@]34C)C2=CC1=O. The summed E-state index contributed by atoms with van der Waals surface area (Å²) in [5, 5.41) is 10.1. The van der Waals surface area contributed by atoms with Crippen LogP contribution >= 0.6 is 0 Å². The number of rotatable bonds is 1. The van der Waals surface area contributed by atoms with E-state index in [4.69, 9.17) is 0 Å². The molecule has 0 bridgehead atoms. The number of carboxylic acid groups (broad SMARTS) is 1. The van der Waals surface area contributed by atoms with Crippen LogP contribution < -0.4 is 0 Å². The van der Waals surface area contributed by atoms with Crippen LogP contribution in [-0.4, -0.2) is 16.9 Å². The molecule has 0 aliphatic heterocycles. The van der Waals surface area contributed by atoms with E-state index in [0.717, 1.165) is 56.1 Å². The molecule has 0 aromatic rings. The third-order valence-electron chi connectivity index (χ3n) is 11.7. The van der Waals surface area contributed by atoms with Gasteiger partial charge in [0.2, 0.25) is 0 Å². The van der Waals surface area contributed by atoms with Crippen molar-refractivity contribution in [3.05, 3.63) is 46.1 Å². The smallest absolute Gasteiger partial charge is 0.309 e. The van der Waals surface area contributed by atoms with Crippen LogP contribution in [0.4, 0.5) is 0 Å². The first-order chi connectivity index (χ1) is 15.2. The molecule has 0 radical (unpaired) electrons. The topological polar surface area (TPSA) is 54.4 Å².